The first-order chi connectivity index (χ1) is 18.1. The molecule has 37 heavy (non-hydrogen) atoms. The number of benzene rings is 2. The van der Waals surface area contributed by atoms with Crippen LogP contribution in [0.3, 0.4) is 0 Å². The van der Waals surface area contributed by atoms with Crippen LogP contribution in [0.4, 0.5) is 5.82 Å². The Bertz CT molecular complexity index is 1500. The molecule has 1 amide bonds. The van der Waals surface area contributed by atoms with E-state index in [0.717, 1.165) is 17.7 Å². The van der Waals surface area contributed by atoms with Gasteiger partial charge in [0, 0.05) is 43.0 Å². The molecule has 5 aromatic rings. The molecule has 0 unspecified atom stereocenters. The molecule has 5 rings (SSSR count). The summed E-state index contributed by atoms with van der Waals surface area (Å²) >= 11 is 0. The minimum absolute atomic E-state index is 0.314. The highest BCUT2D eigenvalue weighted by Crippen LogP contribution is 2.33. The Morgan fingerprint density at radius 1 is 0.919 bits per heavy atom. The van der Waals surface area contributed by atoms with Gasteiger partial charge in [-0.1, -0.05) is 18.2 Å². The summed E-state index contributed by atoms with van der Waals surface area (Å²) in [7, 11) is 3.15. The summed E-state index contributed by atoms with van der Waals surface area (Å²) < 4.78 is 14.3. The summed E-state index contributed by atoms with van der Waals surface area (Å²) in [4.78, 5) is 17.5. The molecule has 1 N–H and O–H groups in total. The van der Waals surface area contributed by atoms with E-state index < -0.39 is 0 Å². The smallest absolute Gasteiger partial charge is 0.260 e. The molecule has 0 bridgehead atoms. The summed E-state index contributed by atoms with van der Waals surface area (Å²) in [6, 6.07) is 20.8. The first-order valence-corrected chi connectivity index (χ1v) is 11.8. The van der Waals surface area contributed by atoms with Crippen molar-refractivity contribution >= 4 is 11.7 Å². The largest absolute Gasteiger partial charge is 0.493 e. The average Bonchev–Trinajstić information content (AvgIpc) is 3.60. The molecule has 0 aliphatic carbocycles. The summed E-state index contributed by atoms with van der Waals surface area (Å²) in [6.45, 7) is 0.683. The molecule has 0 aliphatic rings. The number of nitrogens with zero attached hydrogens (tertiary/aromatic N) is 5. The fourth-order valence-corrected chi connectivity index (χ4v) is 3.98. The molecule has 0 saturated carbocycles. The molecule has 9 heteroatoms. The molecule has 0 radical (unpaired) electrons. The van der Waals surface area contributed by atoms with Crippen LogP contribution in [-0.4, -0.2) is 44.7 Å². The summed E-state index contributed by atoms with van der Waals surface area (Å²) in [5.74, 6) is 1.29. The molecule has 0 saturated heterocycles. The zero-order chi connectivity index (χ0) is 25.6. The predicted octanol–water partition coefficient (Wildman–Crippen LogP) is 4.64. The third-order valence-corrected chi connectivity index (χ3v) is 5.90. The van der Waals surface area contributed by atoms with E-state index in [1.165, 1.54) is 5.56 Å². The average molecular weight is 495 g/mol. The minimum Gasteiger partial charge on any atom is -0.493 e. The van der Waals surface area contributed by atoms with E-state index in [0.29, 0.717) is 35.1 Å². The van der Waals surface area contributed by atoms with Gasteiger partial charge in [-0.25, -0.2) is 4.68 Å². The van der Waals surface area contributed by atoms with Crippen molar-refractivity contribution in [3.8, 4) is 28.4 Å². The standard InChI is InChI=1S/C28H26N6O3/c1-36-24-9-8-21(18-25(24)37-2)27-23(19-34(32-27)22-6-4-3-5-7-22)28(35)30-26-13-17-33(31-26)16-12-20-10-14-29-15-11-20/h3-11,13-15,17-19H,12,16H2,1-2H3,(H,30,31,35). The van der Waals surface area contributed by atoms with Crippen molar-refractivity contribution in [2.24, 2.45) is 0 Å². The van der Waals surface area contributed by atoms with E-state index in [-0.39, 0.29) is 5.91 Å². The van der Waals surface area contributed by atoms with Crippen LogP contribution in [0.15, 0.2) is 91.5 Å². The number of hydrogen-bond donors (Lipinski definition) is 1. The third-order valence-electron chi connectivity index (χ3n) is 5.90. The van der Waals surface area contributed by atoms with Gasteiger partial charge in [0.15, 0.2) is 17.3 Å². The first-order valence-electron chi connectivity index (χ1n) is 11.8. The van der Waals surface area contributed by atoms with Crippen LogP contribution in [-0.2, 0) is 13.0 Å². The highest BCUT2D eigenvalue weighted by molar-refractivity contribution is 6.07. The number of nitrogens with one attached hydrogen (secondary N) is 1. The summed E-state index contributed by atoms with van der Waals surface area (Å²) in [6.07, 6.45) is 7.92. The maximum absolute atomic E-state index is 13.4. The summed E-state index contributed by atoms with van der Waals surface area (Å²) in [5, 5.41) is 12.2. The zero-order valence-corrected chi connectivity index (χ0v) is 20.5. The monoisotopic (exact) mass is 494 g/mol. The van der Waals surface area contributed by atoms with Gasteiger partial charge in [-0.2, -0.15) is 10.2 Å². The van der Waals surface area contributed by atoms with E-state index in [1.807, 2.05) is 54.7 Å². The second-order valence-corrected chi connectivity index (χ2v) is 8.26. The van der Waals surface area contributed by atoms with Crippen molar-refractivity contribution in [1.82, 2.24) is 24.5 Å². The maximum atomic E-state index is 13.4. The normalized spacial score (nSPS) is 10.8. The van der Waals surface area contributed by atoms with Crippen LogP contribution in [0, 0.1) is 0 Å². The number of pyridine rings is 1. The molecule has 186 valence electrons. The van der Waals surface area contributed by atoms with Crippen molar-refractivity contribution in [1.29, 1.82) is 0 Å². The van der Waals surface area contributed by atoms with Crippen LogP contribution >= 0.6 is 0 Å². The predicted molar refractivity (Wildman–Crippen MR) is 140 cm³/mol. The van der Waals surface area contributed by atoms with Crippen molar-refractivity contribution in [2.45, 2.75) is 13.0 Å². The lowest BCUT2D eigenvalue weighted by Gasteiger charge is -2.09. The fourth-order valence-electron chi connectivity index (χ4n) is 3.98. The fraction of sp³-hybridized carbons (Fsp3) is 0.143. The molecule has 2 aromatic carbocycles. The van der Waals surface area contributed by atoms with Crippen LogP contribution < -0.4 is 14.8 Å². The van der Waals surface area contributed by atoms with Gasteiger partial charge in [-0.3, -0.25) is 14.5 Å². The Balaban J connectivity index is 1.42. The number of carbonyl (C=O) groups is 1. The Kier molecular flexibility index (Phi) is 6.93. The van der Waals surface area contributed by atoms with E-state index in [2.05, 4.69) is 15.4 Å². The van der Waals surface area contributed by atoms with E-state index in [4.69, 9.17) is 14.6 Å². The van der Waals surface area contributed by atoms with Gasteiger partial charge in [0.25, 0.3) is 5.91 Å². The van der Waals surface area contributed by atoms with Crippen molar-refractivity contribution in [3.05, 3.63) is 103 Å². The number of aromatic nitrogens is 5. The number of carbonyl (C=O) groups excluding carboxylic acids is 1. The molecule has 0 spiro atoms. The second kappa shape index (κ2) is 10.8. The molecule has 9 nitrogen and oxygen atoms in total. The minimum atomic E-state index is -0.314. The molecular formula is C28H26N6O3. The Morgan fingerprint density at radius 3 is 2.46 bits per heavy atom. The van der Waals surface area contributed by atoms with Crippen LogP contribution in [0.2, 0.25) is 0 Å². The highest BCUT2D eigenvalue weighted by Gasteiger charge is 2.21. The van der Waals surface area contributed by atoms with Crippen molar-refractivity contribution in [3.63, 3.8) is 0 Å². The topological polar surface area (TPSA) is 96.1 Å². The van der Waals surface area contributed by atoms with Gasteiger partial charge in [-0.05, 0) is 54.4 Å². The number of methoxy groups -OCH3 is 2. The van der Waals surface area contributed by atoms with Crippen molar-refractivity contribution in [2.75, 3.05) is 19.5 Å². The van der Waals surface area contributed by atoms with Crippen LogP contribution in [0.25, 0.3) is 16.9 Å². The Hall–Kier alpha value is -4.92. The second-order valence-electron chi connectivity index (χ2n) is 8.26. The number of ether oxygens (including phenoxy) is 2. The van der Waals surface area contributed by atoms with Crippen molar-refractivity contribution < 1.29 is 14.3 Å². The molecule has 0 atom stereocenters. The number of anilines is 1. The van der Waals surface area contributed by atoms with Gasteiger partial charge in [0.2, 0.25) is 0 Å². The lowest BCUT2D eigenvalue weighted by Crippen LogP contribution is -2.13. The van der Waals surface area contributed by atoms with E-state index >= 15 is 0 Å². The highest BCUT2D eigenvalue weighted by atomic mass is 16.5. The van der Waals surface area contributed by atoms with Gasteiger partial charge >= 0.3 is 0 Å². The molecule has 3 heterocycles. The number of para-hydroxylation sites is 1. The van der Waals surface area contributed by atoms with Gasteiger partial charge in [-0.15, -0.1) is 0 Å². The molecule has 3 aromatic heterocycles. The van der Waals surface area contributed by atoms with Gasteiger partial charge < -0.3 is 14.8 Å². The number of hydrogen-bond acceptors (Lipinski definition) is 6. The third kappa shape index (κ3) is 5.35. The molecule has 0 aliphatic heterocycles. The lowest BCUT2D eigenvalue weighted by molar-refractivity contribution is 0.102. The number of aryl methyl sites for hydroxylation is 2. The SMILES string of the molecule is COc1ccc(-c2nn(-c3ccccc3)cc2C(=O)Nc2ccn(CCc3ccncc3)n2)cc1OC. The van der Waals surface area contributed by atoms with E-state index in [9.17, 15) is 4.79 Å². The molecular weight excluding hydrogens is 468 g/mol. The number of amides is 1. The summed E-state index contributed by atoms with van der Waals surface area (Å²) in [5.41, 5.74) is 3.65. The molecule has 0 fully saturated rings. The van der Waals surface area contributed by atoms with Gasteiger partial charge in [0.1, 0.15) is 5.69 Å². The Labute approximate surface area is 214 Å². The van der Waals surface area contributed by atoms with E-state index in [1.54, 1.807) is 60.4 Å². The Morgan fingerprint density at radius 2 is 1.70 bits per heavy atom. The lowest BCUT2D eigenvalue weighted by atomic mass is 10.1. The number of rotatable bonds is 9. The van der Waals surface area contributed by atoms with Crippen LogP contribution in [0.5, 0.6) is 11.5 Å². The zero-order valence-electron chi connectivity index (χ0n) is 20.5. The first kappa shape index (κ1) is 23.8. The van der Waals surface area contributed by atoms with Gasteiger partial charge in [0.05, 0.1) is 25.5 Å². The maximum Gasteiger partial charge on any atom is 0.260 e. The van der Waals surface area contributed by atoms with Crippen LogP contribution in [0.1, 0.15) is 15.9 Å². The quantitative estimate of drug-likeness (QED) is 0.321.